The molecule has 0 amide bonds. The first-order chi connectivity index (χ1) is 20.5. The molecule has 0 unspecified atom stereocenters. The first-order valence-electron chi connectivity index (χ1n) is 14.2. The van der Waals surface area contributed by atoms with Gasteiger partial charge in [0, 0.05) is 29.8 Å². The Hall–Kier alpha value is -5.15. The predicted molar refractivity (Wildman–Crippen MR) is 176 cm³/mol. The second-order valence-electron chi connectivity index (χ2n) is 10.7. The van der Waals surface area contributed by atoms with Crippen molar-refractivity contribution in [3.8, 4) is 22.3 Å². The molecule has 6 aromatic rings. The number of para-hydroxylation sites is 1. The molecule has 3 heteroatoms. The van der Waals surface area contributed by atoms with E-state index in [0.717, 1.165) is 39.4 Å². The molecule has 6 rings (SSSR count). The maximum atomic E-state index is 14.5. The van der Waals surface area contributed by atoms with E-state index in [2.05, 4.69) is 121 Å². The predicted octanol–water partition coefficient (Wildman–Crippen LogP) is 11.0. The van der Waals surface area contributed by atoms with Gasteiger partial charge in [-0.1, -0.05) is 90.5 Å². The molecule has 0 saturated carbocycles. The number of hydrogen-bond acceptors (Lipinski definition) is 2. The molecular weight excluding hydrogens is 515 g/mol. The van der Waals surface area contributed by atoms with Crippen LogP contribution in [0.3, 0.4) is 0 Å². The minimum atomic E-state index is -0.218. The van der Waals surface area contributed by atoms with E-state index in [0.29, 0.717) is 5.69 Å². The number of benzene rings is 6. The fraction of sp³-hybridized carbons (Fsp3) is 0.0769. The third-order valence-electron chi connectivity index (χ3n) is 7.70. The van der Waals surface area contributed by atoms with Crippen molar-refractivity contribution in [3.05, 3.63) is 163 Å². The normalized spacial score (nSPS) is 10.9. The average Bonchev–Trinajstić information content (AvgIpc) is 3.03. The summed E-state index contributed by atoms with van der Waals surface area (Å²) in [6.07, 6.45) is 0. The standard InChI is InChI=1S/C39H33FN2/c1-28-9-12-30(13-10-28)32-16-22-36(23-17-32)42(35-7-5-4-6-8-35)37-24-18-33(19-25-37)31-14-20-34(21-15-31)41(3)39-26-11-29(2)27-38(39)40/h4-27H,1-3H3. The molecule has 0 saturated heterocycles. The van der Waals surface area contributed by atoms with Gasteiger partial charge in [-0.3, -0.25) is 0 Å². The largest absolute Gasteiger partial charge is 0.342 e. The minimum Gasteiger partial charge on any atom is -0.342 e. The Morgan fingerprint density at radius 3 is 1.31 bits per heavy atom. The summed E-state index contributed by atoms with van der Waals surface area (Å²) in [6.45, 7) is 4.01. The molecule has 0 spiro atoms. The molecule has 6 aromatic carbocycles. The van der Waals surface area contributed by atoms with Crippen LogP contribution >= 0.6 is 0 Å². The smallest absolute Gasteiger partial charge is 0.147 e. The monoisotopic (exact) mass is 548 g/mol. The highest BCUT2D eigenvalue weighted by molar-refractivity contribution is 5.80. The third kappa shape index (κ3) is 5.68. The molecular formula is C39H33FN2. The molecule has 0 atom stereocenters. The summed E-state index contributed by atoms with van der Waals surface area (Å²) in [5, 5.41) is 0. The van der Waals surface area contributed by atoms with Crippen molar-refractivity contribution in [2.75, 3.05) is 16.8 Å². The Bertz CT molecular complexity index is 1770. The molecule has 206 valence electrons. The zero-order valence-electron chi connectivity index (χ0n) is 24.1. The lowest BCUT2D eigenvalue weighted by molar-refractivity contribution is 0.626. The molecule has 0 bridgehead atoms. The van der Waals surface area contributed by atoms with Crippen molar-refractivity contribution in [2.45, 2.75) is 13.8 Å². The van der Waals surface area contributed by atoms with Crippen molar-refractivity contribution < 1.29 is 4.39 Å². The summed E-state index contributed by atoms with van der Waals surface area (Å²) in [6, 6.07) is 50.0. The van der Waals surface area contributed by atoms with Crippen LogP contribution in [0.25, 0.3) is 22.3 Å². The maximum Gasteiger partial charge on any atom is 0.147 e. The second kappa shape index (κ2) is 11.8. The molecule has 0 aliphatic rings. The Morgan fingerprint density at radius 1 is 0.429 bits per heavy atom. The van der Waals surface area contributed by atoms with Crippen LogP contribution in [0.1, 0.15) is 11.1 Å². The van der Waals surface area contributed by atoms with Gasteiger partial charge in [-0.05, 0) is 102 Å². The van der Waals surface area contributed by atoms with Gasteiger partial charge >= 0.3 is 0 Å². The fourth-order valence-electron chi connectivity index (χ4n) is 5.28. The molecule has 0 aliphatic heterocycles. The number of rotatable bonds is 7. The molecule has 0 radical (unpaired) electrons. The van der Waals surface area contributed by atoms with Crippen LogP contribution in [-0.4, -0.2) is 7.05 Å². The number of anilines is 5. The zero-order chi connectivity index (χ0) is 29.1. The van der Waals surface area contributed by atoms with Crippen molar-refractivity contribution >= 4 is 28.4 Å². The van der Waals surface area contributed by atoms with Crippen LogP contribution in [0.5, 0.6) is 0 Å². The summed E-state index contributed by atoms with van der Waals surface area (Å²) >= 11 is 0. The van der Waals surface area contributed by atoms with E-state index in [1.807, 2.05) is 49.2 Å². The topological polar surface area (TPSA) is 6.48 Å². The van der Waals surface area contributed by atoms with Gasteiger partial charge in [-0.25, -0.2) is 4.39 Å². The van der Waals surface area contributed by atoms with E-state index in [1.165, 1.54) is 16.7 Å². The number of nitrogens with zero attached hydrogens (tertiary/aromatic N) is 2. The molecule has 0 N–H and O–H groups in total. The van der Waals surface area contributed by atoms with Gasteiger partial charge in [0.05, 0.1) is 5.69 Å². The average molecular weight is 549 g/mol. The summed E-state index contributed by atoms with van der Waals surface area (Å²) in [5.74, 6) is -0.218. The van der Waals surface area contributed by atoms with Gasteiger partial charge in [0.2, 0.25) is 0 Å². The summed E-state index contributed by atoms with van der Waals surface area (Å²) in [5.41, 5.74) is 11.6. The molecule has 0 heterocycles. The van der Waals surface area contributed by atoms with Gasteiger partial charge in [0.15, 0.2) is 0 Å². The van der Waals surface area contributed by atoms with Crippen molar-refractivity contribution in [1.82, 2.24) is 0 Å². The van der Waals surface area contributed by atoms with Crippen LogP contribution in [0.2, 0.25) is 0 Å². The van der Waals surface area contributed by atoms with E-state index in [-0.39, 0.29) is 5.82 Å². The van der Waals surface area contributed by atoms with E-state index >= 15 is 0 Å². The van der Waals surface area contributed by atoms with Gasteiger partial charge < -0.3 is 9.80 Å². The lowest BCUT2D eigenvalue weighted by Crippen LogP contribution is -2.11. The van der Waals surface area contributed by atoms with Gasteiger partial charge in [-0.15, -0.1) is 0 Å². The van der Waals surface area contributed by atoms with Gasteiger partial charge in [0.1, 0.15) is 5.82 Å². The molecule has 0 aromatic heterocycles. The third-order valence-corrected chi connectivity index (χ3v) is 7.70. The number of aryl methyl sites for hydroxylation is 2. The van der Waals surface area contributed by atoms with Crippen molar-refractivity contribution in [1.29, 1.82) is 0 Å². The molecule has 0 fully saturated rings. The van der Waals surface area contributed by atoms with Crippen molar-refractivity contribution in [2.24, 2.45) is 0 Å². The van der Waals surface area contributed by atoms with Crippen LogP contribution in [0, 0.1) is 19.7 Å². The molecule has 2 nitrogen and oxygen atoms in total. The van der Waals surface area contributed by atoms with E-state index in [1.54, 1.807) is 6.07 Å². The van der Waals surface area contributed by atoms with E-state index in [9.17, 15) is 4.39 Å². The van der Waals surface area contributed by atoms with Gasteiger partial charge in [-0.2, -0.15) is 0 Å². The van der Waals surface area contributed by atoms with Crippen molar-refractivity contribution in [3.63, 3.8) is 0 Å². The highest BCUT2D eigenvalue weighted by Gasteiger charge is 2.14. The second-order valence-corrected chi connectivity index (χ2v) is 10.7. The summed E-state index contributed by atoms with van der Waals surface area (Å²) < 4.78 is 14.5. The fourth-order valence-corrected chi connectivity index (χ4v) is 5.28. The molecule has 0 aliphatic carbocycles. The highest BCUT2D eigenvalue weighted by atomic mass is 19.1. The quantitative estimate of drug-likeness (QED) is 0.196. The SMILES string of the molecule is Cc1ccc(-c2ccc(N(c3ccccc3)c3ccc(-c4ccc(N(C)c5ccc(C)cc5F)cc4)cc3)cc2)cc1. The Balaban J connectivity index is 1.26. The van der Waals surface area contributed by atoms with Gasteiger partial charge in [0.25, 0.3) is 0 Å². The van der Waals surface area contributed by atoms with Crippen LogP contribution in [0.15, 0.2) is 146 Å². The lowest BCUT2D eigenvalue weighted by atomic mass is 10.0. The first-order valence-corrected chi connectivity index (χ1v) is 14.2. The zero-order valence-corrected chi connectivity index (χ0v) is 24.1. The van der Waals surface area contributed by atoms with Crippen LogP contribution in [-0.2, 0) is 0 Å². The summed E-state index contributed by atoms with van der Waals surface area (Å²) in [4.78, 5) is 4.15. The Labute approximate surface area is 247 Å². The van der Waals surface area contributed by atoms with E-state index < -0.39 is 0 Å². The Morgan fingerprint density at radius 2 is 0.833 bits per heavy atom. The lowest BCUT2D eigenvalue weighted by Gasteiger charge is -2.26. The van der Waals surface area contributed by atoms with Crippen LogP contribution in [0.4, 0.5) is 32.8 Å². The number of hydrogen-bond donors (Lipinski definition) is 0. The Kier molecular flexibility index (Phi) is 7.57. The first kappa shape index (κ1) is 27.0. The number of halogens is 1. The van der Waals surface area contributed by atoms with E-state index in [4.69, 9.17) is 0 Å². The molecule has 42 heavy (non-hydrogen) atoms. The highest BCUT2D eigenvalue weighted by Crippen LogP contribution is 2.37. The maximum absolute atomic E-state index is 14.5. The minimum absolute atomic E-state index is 0.218. The summed E-state index contributed by atoms with van der Waals surface area (Å²) in [7, 11) is 1.89. The van der Waals surface area contributed by atoms with Crippen LogP contribution < -0.4 is 9.80 Å².